The summed E-state index contributed by atoms with van der Waals surface area (Å²) < 4.78 is 5.73. The summed E-state index contributed by atoms with van der Waals surface area (Å²) in [5.41, 5.74) is 4.74. The Morgan fingerprint density at radius 3 is 2.32 bits per heavy atom. The molecule has 0 fully saturated rings. The third kappa shape index (κ3) is 2.65. The molecule has 1 aromatic heterocycles. The van der Waals surface area contributed by atoms with Gasteiger partial charge in [-0.25, -0.2) is 0 Å². The second-order valence-corrected chi connectivity index (χ2v) is 5.96. The highest BCUT2D eigenvalue weighted by molar-refractivity contribution is 5.65. The molecule has 1 heterocycles. The van der Waals surface area contributed by atoms with Crippen molar-refractivity contribution in [1.82, 2.24) is 4.98 Å². The number of aryl methyl sites for hydroxylation is 2. The maximum Gasteiger partial charge on any atom is 0.295 e. The number of benzene rings is 1. The van der Waals surface area contributed by atoms with Crippen LogP contribution < -0.4 is 5.32 Å². The third-order valence-electron chi connectivity index (χ3n) is 3.35. The van der Waals surface area contributed by atoms with E-state index in [4.69, 9.17) is 4.42 Å². The van der Waals surface area contributed by atoms with Gasteiger partial charge in [0.25, 0.3) is 6.01 Å². The highest BCUT2D eigenvalue weighted by atomic mass is 16.4. The van der Waals surface area contributed by atoms with Crippen LogP contribution in [0.5, 0.6) is 0 Å². The Balaban J connectivity index is 2.49. The van der Waals surface area contributed by atoms with Crippen LogP contribution in [0.4, 0.5) is 6.01 Å². The van der Waals surface area contributed by atoms with E-state index in [1.165, 1.54) is 11.1 Å². The molecule has 0 bridgehead atoms. The first-order valence-electron chi connectivity index (χ1n) is 6.59. The molecule has 0 radical (unpaired) electrons. The van der Waals surface area contributed by atoms with E-state index in [2.05, 4.69) is 56.2 Å². The minimum absolute atomic E-state index is 0.163. The molecule has 19 heavy (non-hydrogen) atoms. The Kier molecular flexibility index (Phi) is 3.40. The lowest BCUT2D eigenvalue weighted by molar-refractivity contribution is 0.584. The van der Waals surface area contributed by atoms with Crippen molar-refractivity contribution in [2.45, 2.75) is 40.0 Å². The van der Waals surface area contributed by atoms with E-state index in [0.717, 1.165) is 17.0 Å². The number of rotatable bonds is 2. The van der Waals surface area contributed by atoms with Crippen LogP contribution in [0.25, 0.3) is 11.3 Å². The topological polar surface area (TPSA) is 38.1 Å². The Morgan fingerprint density at radius 2 is 1.84 bits per heavy atom. The molecule has 0 aliphatic carbocycles. The van der Waals surface area contributed by atoms with Gasteiger partial charge in [-0.05, 0) is 30.4 Å². The van der Waals surface area contributed by atoms with E-state index in [1.807, 2.05) is 14.0 Å². The van der Waals surface area contributed by atoms with Gasteiger partial charge < -0.3 is 9.73 Å². The molecule has 2 rings (SSSR count). The molecule has 1 aromatic carbocycles. The predicted molar refractivity (Wildman–Crippen MR) is 79.7 cm³/mol. The highest BCUT2D eigenvalue weighted by Gasteiger charge is 2.17. The quantitative estimate of drug-likeness (QED) is 0.872. The zero-order valence-electron chi connectivity index (χ0n) is 12.6. The lowest BCUT2D eigenvalue weighted by atomic mass is 9.85. The van der Waals surface area contributed by atoms with Crippen molar-refractivity contribution in [2.75, 3.05) is 12.4 Å². The molecule has 0 amide bonds. The number of hydrogen-bond donors (Lipinski definition) is 1. The number of nitrogens with zero attached hydrogens (tertiary/aromatic N) is 1. The van der Waals surface area contributed by atoms with Gasteiger partial charge in [0.2, 0.25) is 0 Å². The molecular formula is C16H22N2O. The van der Waals surface area contributed by atoms with Crippen molar-refractivity contribution in [3.63, 3.8) is 0 Å². The summed E-state index contributed by atoms with van der Waals surface area (Å²) >= 11 is 0. The summed E-state index contributed by atoms with van der Waals surface area (Å²) in [6.45, 7) is 10.8. The summed E-state index contributed by atoms with van der Waals surface area (Å²) in [5, 5.41) is 2.94. The largest absolute Gasteiger partial charge is 0.423 e. The lowest BCUT2D eigenvalue weighted by Gasteiger charge is -2.20. The summed E-state index contributed by atoms with van der Waals surface area (Å²) in [6, 6.07) is 7.09. The Hall–Kier alpha value is -1.77. The second kappa shape index (κ2) is 4.72. The minimum Gasteiger partial charge on any atom is -0.423 e. The number of hydrogen-bond acceptors (Lipinski definition) is 3. The fourth-order valence-corrected chi connectivity index (χ4v) is 2.14. The van der Waals surface area contributed by atoms with Crippen molar-refractivity contribution in [2.24, 2.45) is 0 Å². The molecule has 3 nitrogen and oxygen atoms in total. The van der Waals surface area contributed by atoms with Crippen molar-refractivity contribution < 1.29 is 4.42 Å². The summed E-state index contributed by atoms with van der Waals surface area (Å²) in [4.78, 5) is 4.34. The van der Waals surface area contributed by atoms with Crippen molar-refractivity contribution in [1.29, 1.82) is 0 Å². The van der Waals surface area contributed by atoms with Gasteiger partial charge in [0, 0.05) is 12.6 Å². The average molecular weight is 258 g/mol. The molecular weight excluding hydrogens is 236 g/mol. The maximum absolute atomic E-state index is 5.73. The van der Waals surface area contributed by atoms with Gasteiger partial charge in [-0.15, -0.1) is 0 Å². The first kappa shape index (κ1) is 13.7. The van der Waals surface area contributed by atoms with Gasteiger partial charge in [-0.2, -0.15) is 4.98 Å². The standard InChI is InChI=1S/C16H22N2O/c1-10-9-12(16(3,4)5)7-8-13(10)14-11(2)18-15(17-6)19-14/h7-9H,1-6H3,(H,17,18). The van der Waals surface area contributed by atoms with E-state index < -0.39 is 0 Å². The highest BCUT2D eigenvalue weighted by Crippen LogP contribution is 2.32. The number of anilines is 1. The molecule has 2 aromatic rings. The zero-order chi connectivity index (χ0) is 14.2. The van der Waals surface area contributed by atoms with Crippen LogP contribution in [-0.2, 0) is 5.41 Å². The molecule has 0 saturated heterocycles. The van der Waals surface area contributed by atoms with Gasteiger partial charge in [0.05, 0.1) is 5.69 Å². The monoisotopic (exact) mass is 258 g/mol. The van der Waals surface area contributed by atoms with Crippen LogP contribution in [0.1, 0.15) is 37.6 Å². The minimum atomic E-state index is 0.163. The smallest absolute Gasteiger partial charge is 0.295 e. The van der Waals surface area contributed by atoms with Gasteiger partial charge in [-0.1, -0.05) is 39.0 Å². The van der Waals surface area contributed by atoms with Crippen LogP contribution in [0.15, 0.2) is 22.6 Å². The van der Waals surface area contributed by atoms with E-state index in [0.29, 0.717) is 6.01 Å². The van der Waals surface area contributed by atoms with E-state index in [9.17, 15) is 0 Å². The Bertz CT molecular complexity index is 591. The van der Waals surface area contributed by atoms with Gasteiger partial charge >= 0.3 is 0 Å². The van der Waals surface area contributed by atoms with Gasteiger partial charge in [0.1, 0.15) is 0 Å². The molecule has 102 valence electrons. The molecule has 0 spiro atoms. The van der Waals surface area contributed by atoms with Crippen molar-refractivity contribution in [3.05, 3.63) is 35.0 Å². The lowest BCUT2D eigenvalue weighted by Crippen LogP contribution is -2.11. The third-order valence-corrected chi connectivity index (χ3v) is 3.35. The molecule has 1 N–H and O–H groups in total. The molecule has 0 aliphatic heterocycles. The first-order chi connectivity index (χ1) is 8.82. The maximum atomic E-state index is 5.73. The van der Waals surface area contributed by atoms with E-state index >= 15 is 0 Å². The van der Waals surface area contributed by atoms with E-state index in [-0.39, 0.29) is 5.41 Å². The summed E-state index contributed by atoms with van der Waals surface area (Å²) in [6.07, 6.45) is 0. The van der Waals surface area contributed by atoms with Crippen LogP contribution in [0.2, 0.25) is 0 Å². The summed E-state index contributed by atoms with van der Waals surface area (Å²) in [7, 11) is 1.81. The van der Waals surface area contributed by atoms with Crippen LogP contribution in [-0.4, -0.2) is 12.0 Å². The first-order valence-corrected chi connectivity index (χ1v) is 6.59. The SMILES string of the molecule is CNc1nc(C)c(-c2ccc(C(C)(C)C)cc2C)o1. The molecule has 0 saturated carbocycles. The Labute approximate surface area is 115 Å². The van der Waals surface area contributed by atoms with Crippen molar-refractivity contribution in [3.8, 4) is 11.3 Å². The number of nitrogens with one attached hydrogen (secondary N) is 1. The molecule has 0 unspecified atom stereocenters. The fourth-order valence-electron chi connectivity index (χ4n) is 2.14. The fraction of sp³-hybridized carbons (Fsp3) is 0.438. The number of aromatic nitrogens is 1. The van der Waals surface area contributed by atoms with E-state index in [1.54, 1.807) is 0 Å². The predicted octanol–water partition coefficient (Wildman–Crippen LogP) is 4.30. The average Bonchev–Trinajstić information content (AvgIpc) is 2.69. The van der Waals surface area contributed by atoms with Crippen LogP contribution in [0.3, 0.4) is 0 Å². The normalized spacial score (nSPS) is 11.7. The summed E-state index contributed by atoms with van der Waals surface area (Å²) in [5.74, 6) is 0.849. The van der Waals surface area contributed by atoms with Crippen LogP contribution >= 0.6 is 0 Å². The zero-order valence-corrected chi connectivity index (χ0v) is 12.6. The molecule has 0 aliphatic rings. The van der Waals surface area contributed by atoms with Gasteiger partial charge in [0.15, 0.2) is 5.76 Å². The second-order valence-electron chi connectivity index (χ2n) is 5.96. The molecule has 3 heteroatoms. The van der Waals surface area contributed by atoms with Crippen LogP contribution in [0, 0.1) is 13.8 Å². The Morgan fingerprint density at radius 1 is 1.16 bits per heavy atom. The molecule has 0 atom stereocenters. The number of oxazole rings is 1. The van der Waals surface area contributed by atoms with Gasteiger partial charge in [-0.3, -0.25) is 0 Å². The van der Waals surface area contributed by atoms with Crippen molar-refractivity contribution >= 4 is 6.01 Å².